The van der Waals surface area contributed by atoms with E-state index in [-0.39, 0.29) is 12.5 Å². The van der Waals surface area contributed by atoms with E-state index in [1.807, 2.05) is 6.07 Å². The fraction of sp³-hybridized carbons (Fsp3) is 0.250. The largest absolute Gasteiger partial charge is 0.451 e. The molecule has 2 amide bonds. The number of amides is 2. The second-order valence-corrected chi connectivity index (χ2v) is 6.41. The van der Waals surface area contributed by atoms with Crippen molar-refractivity contribution in [2.75, 3.05) is 6.54 Å². The predicted molar refractivity (Wildman–Crippen MR) is 102 cm³/mol. The Hall–Kier alpha value is -2.86. The molecule has 27 heavy (non-hydrogen) atoms. The number of hydrogen-bond donors (Lipinski definition) is 2. The van der Waals surface area contributed by atoms with Gasteiger partial charge < -0.3 is 15.4 Å². The van der Waals surface area contributed by atoms with E-state index in [2.05, 4.69) is 10.6 Å². The molecule has 0 aliphatic heterocycles. The van der Waals surface area contributed by atoms with Gasteiger partial charge in [-0.05, 0) is 43.2 Å². The molecule has 2 aromatic carbocycles. The zero-order chi connectivity index (χ0) is 19.8. The highest BCUT2D eigenvalue weighted by Crippen LogP contribution is 2.09. The molecular weight excluding hydrogens is 368 g/mol. The highest BCUT2D eigenvalue weighted by molar-refractivity contribution is 6.30. The van der Waals surface area contributed by atoms with Crippen LogP contribution in [0, 0.1) is 6.92 Å². The van der Waals surface area contributed by atoms with E-state index in [0.717, 1.165) is 11.1 Å². The van der Waals surface area contributed by atoms with Crippen LogP contribution < -0.4 is 10.6 Å². The third-order valence-corrected chi connectivity index (χ3v) is 4.09. The van der Waals surface area contributed by atoms with Gasteiger partial charge in [0.1, 0.15) is 6.54 Å². The van der Waals surface area contributed by atoms with Crippen molar-refractivity contribution in [1.29, 1.82) is 0 Å². The van der Waals surface area contributed by atoms with E-state index < -0.39 is 18.0 Å². The number of nitrogens with one attached hydrogen (secondary N) is 2. The van der Waals surface area contributed by atoms with Crippen molar-refractivity contribution in [3.63, 3.8) is 0 Å². The van der Waals surface area contributed by atoms with Crippen molar-refractivity contribution in [3.05, 3.63) is 70.2 Å². The Morgan fingerprint density at radius 2 is 1.70 bits per heavy atom. The SMILES string of the molecule is Cc1ccccc1C(=O)NCC(=O)OC(C)C(=O)NCc1ccc(Cl)cc1. The van der Waals surface area contributed by atoms with E-state index in [4.69, 9.17) is 16.3 Å². The molecule has 1 unspecified atom stereocenters. The van der Waals surface area contributed by atoms with E-state index in [0.29, 0.717) is 17.1 Å². The first-order valence-electron chi connectivity index (χ1n) is 8.42. The van der Waals surface area contributed by atoms with E-state index in [1.165, 1.54) is 6.92 Å². The minimum Gasteiger partial charge on any atom is -0.451 e. The molecule has 0 heterocycles. The van der Waals surface area contributed by atoms with Gasteiger partial charge in [-0.1, -0.05) is 41.9 Å². The molecule has 0 fully saturated rings. The number of benzene rings is 2. The summed E-state index contributed by atoms with van der Waals surface area (Å²) in [6.45, 7) is 3.25. The van der Waals surface area contributed by atoms with Crippen LogP contribution in [0.4, 0.5) is 0 Å². The normalized spacial score (nSPS) is 11.4. The zero-order valence-electron chi connectivity index (χ0n) is 15.1. The molecular formula is C20H21ClN2O4. The molecule has 1 atom stereocenters. The number of esters is 1. The summed E-state index contributed by atoms with van der Waals surface area (Å²) in [6, 6.07) is 14.1. The lowest BCUT2D eigenvalue weighted by molar-refractivity contribution is -0.153. The Kier molecular flexibility index (Phi) is 7.37. The number of ether oxygens (including phenoxy) is 1. The van der Waals surface area contributed by atoms with Crippen molar-refractivity contribution < 1.29 is 19.1 Å². The molecule has 6 nitrogen and oxygen atoms in total. The molecule has 0 aliphatic rings. The van der Waals surface area contributed by atoms with Crippen molar-refractivity contribution in [2.45, 2.75) is 26.5 Å². The number of rotatable bonds is 7. The minimum atomic E-state index is -0.972. The van der Waals surface area contributed by atoms with Crippen LogP contribution in [0.5, 0.6) is 0 Å². The molecule has 0 saturated carbocycles. The first kappa shape index (κ1) is 20.5. The van der Waals surface area contributed by atoms with Crippen LogP contribution in [-0.2, 0) is 20.9 Å². The number of hydrogen-bond acceptors (Lipinski definition) is 4. The quantitative estimate of drug-likeness (QED) is 0.714. The molecule has 0 saturated heterocycles. The molecule has 2 aromatic rings. The van der Waals surface area contributed by atoms with Crippen LogP contribution >= 0.6 is 11.6 Å². The molecule has 2 rings (SSSR count). The Morgan fingerprint density at radius 3 is 2.37 bits per heavy atom. The number of aryl methyl sites for hydroxylation is 1. The smallest absolute Gasteiger partial charge is 0.326 e. The van der Waals surface area contributed by atoms with Crippen molar-refractivity contribution >= 4 is 29.4 Å². The fourth-order valence-electron chi connectivity index (χ4n) is 2.30. The van der Waals surface area contributed by atoms with Gasteiger partial charge in [-0.3, -0.25) is 14.4 Å². The first-order valence-corrected chi connectivity index (χ1v) is 8.80. The average molecular weight is 389 g/mol. The summed E-state index contributed by atoms with van der Waals surface area (Å²) in [7, 11) is 0. The maximum Gasteiger partial charge on any atom is 0.326 e. The van der Waals surface area contributed by atoms with Gasteiger partial charge in [0.2, 0.25) is 0 Å². The Bertz CT molecular complexity index is 821. The summed E-state index contributed by atoms with van der Waals surface area (Å²) < 4.78 is 5.05. The molecule has 0 bridgehead atoms. The zero-order valence-corrected chi connectivity index (χ0v) is 15.9. The summed E-state index contributed by atoms with van der Waals surface area (Å²) >= 11 is 5.81. The average Bonchev–Trinajstić information content (AvgIpc) is 2.65. The van der Waals surface area contributed by atoms with Gasteiger partial charge >= 0.3 is 5.97 Å². The van der Waals surface area contributed by atoms with E-state index in [1.54, 1.807) is 49.4 Å². The van der Waals surface area contributed by atoms with E-state index >= 15 is 0 Å². The Morgan fingerprint density at radius 1 is 1.04 bits per heavy atom. The Balaban J connectivity index is 1.75. The van der Waals surface area contributed by atoms with Gasteiger partial charge in [0.05, 0.1) is 0 Å². The van der Waals surface area contributed by atoms with Gasteiger partial charge in [0.25, 0.3) is 11.8 Å². The van der Waals surface area contributed by atoms with Crippen LogP contribution in [0.2, 0.25) is 5.02 Å². The van der Waals surface area contributed by atoms with Gasteiger partial charge in [0.15, 0.2) is 6.10 Å². The van der Waals surface area contributed by atoms with E-state index in [9.17, 15) is 14.4 Å². The summed E-state index contributed by atoms with van der Waals surface area (Å²) in [5.41, 5.74) is 2.16. The monoisotopic (exact) mass is 388 g/mol. The molecule has 0 aliphatic carbocycles. The number of halogens is 1. The van der Waals surface area contributed by atoms with Crippen LogP contribution in [0.15, 0.2) is 48.5 Å². The molecule has 142 valence electrons. The molecule has 2 N–H and O–H groups in total. The summed E-state index contributed by atoms with van der Waals surface area (Å²) in [5, 5.41) is 5.78. The number of carbonyl (C=O) groups excluding carboxylic acids is 3. The highest BCUT2D eigenvalue weighted by Gasteiger charge is 2.18. The number of carbonyl (C=O) groups is 3. The van der Waals surface area contributed by atoms with Gasteiger partial charge in [-0.2, -0.15) is 0 Å². The van der Waals surface area contributed by atoms with Crippen LogP contribution in [0.25, 0.3) is 0 Å². The van der Waals surface area contributed by atoms with Gasteiger partial charge in [0, 0.05) is 17.1 Å². The van der Waals surface area contributed by atoms with Gasteiger partial charge in [-0.25, -0.2) is 0 Å². The molecule has 0 spiro atoms. The standard InChI is InChI=1S/C20H21ClN2O4/c1-13-5-3-4-6-17(13)20(26)23-12-18(24)27-14(2)19(25)22-11-15-7-9-16(21)10-8-15/h3-10,14H,11-12H2,1-2H3,(H,22,25)(H,23,26). The Labute approximate surface area is 162 Å². The lowest BCUT2D eigenvalue weighted by atomic mass is 10.1. The molecule has 7 heteroatoms. The fourth-order valence-corrected chi connectivity index (χ4v) is 2.43. The minimum absolute atomic E-state index is 0.294. The third-order valence-electron chi connectivity index (χ3n) is 3.84. The topological polar surface area (TPSA) is 84.5 Å². The van der Waals surface area contributed by atoms with Crippen LogP contribution in [0.3, 0.4) is 0 Å². The molecule has 0 aromatic heterocycles. The third kappa shape index (κ3) is 6.42. The lowest BCUT2D eigenvalue weighted by Crippen LogP contribution is -2.38. The molecule has 0 radical (unpaired) electrons. The second-order valence-electron chi connectivity index (χ2n) is 5.97. The van der Waals surface area contributed by atoms with Crippen molar-refractivity contribution in [3.8, 4) is 0 Å². The van der Waals surface area contributed by atoms with Crippen LogP contribution in [0.1, 0.15) is 28.4 Å². The highest BCUT2D eigenvalue weighted by atomic mass is 35.5. The predicted octanol–water partition coefficient (Wildman–Crippen LogP) is 2.63. The summed E-state index contributed by atoms with van der Waals surface area (Å²) in [6.07, 6.45) is -0.972. The second kappa shape index (κ2) is 9.73. The van der Waals surface area contributed by atoms with Crippen LogP contribution in [-0.4, -0.2) is 30.4 Å². The van der Waals surface area contributed by atoms with Crippen molar-refractivity contribution in [1.82, 2.24) is 10.6 Å². The summed E-state index contributed by atoms with van der Waals surface area (Å²) in [5.74, 6) is -1.49. The van der Waals surface area contributed by atoms with Gasteiger partial charge in [-0.15, -0.1) is 0 Å². The van der Waals surface area contributed by atoms with Crippen molar-refractivity contribution in [2.24, 2.45) is 0 Å². The first-order chi connectivity index (χ1) is 12.9. The summed E-state index contributed by atoms with van der Waals surface area (Å²) in [4.78, 5) is 35.9. The lowest BCUT2D eigenvalue weighted by Gasteiger charge is -2.14. The maximum absolute atomic E-state index is 12.1. The maximum atomic E-state index is 12.1.